The largest absolute Gasteiger partial charge is 0.322 e. The van der Waals surface area contributed by atoms with Gasteiger partial charge in [-0.25, -0.2) is 4.39 Å². The Kier molecular flexibility index (Phi) is 3.77. The van der Waals surface area contributed by atoms with E-state index in [4.69, 9.17) is 5.73 Å². The van der Waals surface area contributed by atoms with Gasteiger partial charge < -0.3 is 10.3 Å². The van der Waals surface area contributed by atoms with Crippen LogP contribution < -0.4 is 11.3 Å². The Bertz CT molecular complexity index is 666. The van der Waals surface area contributed by atoms with E-state index in [0.717, 1.165) is 11.3 Å². The molecule has 2 rings (SSSR count). The van der Waals surface area contributed by atoms with Gasteiger partial charge in [-0.2, -0.15) is 0 Å². The van der Waals surface area contributed by atoms with E-state index < -0.39 is 5.54 Å². The number of nitrogens with two attached hydrogens (primary N) is 1. The number of halogens is 1. The van der Waals surface area contributed by atoms with E-state index in [9.17, 15) is 9.18 Å². The summed E-state index contributed by atoms with van der Waals surface area (Å²) in [7, 11) is 0. The fourth-order valence-electron chi connectivity index (χ4n) is 2.26. The maximum Gasteiger partial charge on any atom is 0.256 e. The fourth-order valence-corrected chi connectivity index (χ4v) is 2.26. The number of rotatable bonds is 3. The summed E-state index contributed by atoms with van der Waals surface area (Å²) >= 11 is 0. The lowest BCUT2D eigenvalue weighted by Gasteiger charge is -2.21. The molecule has 0 amide bonds. The third-order valence-corrected chi connectivity index (χ3v) is 3.32. The van der Waals surface area contributed by atoms with Crippen LogP contribution in [0.5, 0.6) is 0 Å². The summed E-state index contributed by atoms with van der Waals surface area (Å²) in [5.74, 6) is -0.293. The van der Waals surface area contributed by atoms with Gasteiger partial charge in [0.2, 0.25) is 0 Å². The summed E-state index contributed by atoms with van der Waals surface area (Å²) in [6.07, 6.45) is 0. The molecule has 0 bridgehead atoms. The molecule has 2 N–H and O–H groups in total. The van der Waals surface area contributed by atoms with Crippen LogP contribution >= 0.6 is 0 Å². The second kappa shape index (κ2) is 5.21. The molecule has 2 aromatic rings. The van der Waals surface area contributed by atoms with Crippen LogP contribution in [-0.2, 0) is 12.1 Å². The number of pyridine rings is 1. The molecule has 20 heavy (non-hydrogen) atoms. The van der Waals surface area contributed by atoms with E-state index in [2.05, 4.69) is 0 Å². The van der Waals surface area contributed by atoms with Crippen molar-refractivity contribution in [3.63, 3.8) is 0 Å². The van der Waals surface area contributed by atoms with Gasteiger partial charge >= 0.3 is 0 Å². The zero-order valence-corrected chi connectivity index (χ0v) is 12.0. The monoisotopic (exact) mass is 274 g/mol. The van der Waals surface area contributed by atoms with Crippen molar-refractivity contribution in [2.75, 3.05) is 0 Å². The molecule has 0 saturated heterocycles. The third-order valence-electron chi connectivity index (χ3n) is 3.32. The smallest absolute Gasteiger partial charge is 0.256 e. The Balaban J connectivity index is 2.65. The normalized spacial score (nSPS) is 11.7. The van der Waals surface area contributed by atoms with E-state index in [1.807, 2.05) is 13.0 Å². The highest BCUT2D eigenvalue weighted by Crippen LogP contribution is 2.21. The van der Waals surface area contributed by atoms with Crippen molar-refractivity contribution in [3.05, 3.63) is 58.1 Å². The van der Waals surface area contributed by atoms with Gasteiger partial charge in [0.05, 0.1) is 5.69 Å². The maximum atomic E-state index is 13.0. The summed E-state index contributed by atoms with van der Waals surface area (Å²) in [6, 6.07) is 9.74. The summed E-state index contributed by atoms with van der Waals surface area (Å²) in [5, 5.41) is 0. The minimum absolute atomic E-state index is 0.0955. The highest BCUT2D eigenvalue weighted by atomic mass is 19.1. The number of hydrogen-bond acceptors (Lipinski definition) is 2. The molecule has 0 spiro atoms. The highest BCUT2D eigenvalue weighted by Gasteiger charge is 2.20. The summed E-state index contributed by atoms with van der Waals surface area (Å²) in [4.78, 5) is 12.5. The lowest BCUT2D eigenvalue weighted by Crippen LogP contribution is -2.38. The molecule has 1 aromatic heterocycles. The molecule has 1 heterocycles. The van der Waals surface area contributed by atoms with Crippen LogP contribution in [0, 0.1) is 5.82 Å². The van der Waals surface area contributed by atoms with Crippen LogP contribution in [0.2, 0.25) is 0 Å². The number of nitrogens with zero attached hydrogens (tertiary/aromatic N) is 1. The molecule has 0 aliphatic rings. The van der Waals surface area contributed by atoms with Crippen LogP contribution in [0.3, 0.4) is 0 Å². The van der Waals surface area contributed by atoms with Crippen LogP contribution in [0.15, 0.2) is 41.2 Å². The van der Waals surface area contributed by atoms with E-state index in [0.29, 0.717) is 12.1 Å². The molecule has 4 heteroatoms. The Hall–Kier alpha value is -1.94. The van der Waals surface area contributed by atoms with Crippen molar-refractivity contribution in [2.45, 2.75) is 32.9 Å². The van der Waals surface area contributed by atoms with Gasteiger partial charge in [0.15, 0.2) is 0 Å². The van der Waals surface area contributed by atoms with E-state index in [1.165, 1.54) is 12.1 Å². The SMILES string of the molecule is CCn1c(-c2ccc(F)cc2)ccc(C(C)(C)N)c1=O. The van der Waals surface area contributed by atoms with E-state index >= 15 is 0 Å². The topological polar surface area (TPSA) is 48.0 Å². The molecular weight excluding hydrogens is 255 g/mol. The Morgan fingerprint density at radius 2 is 1.75 bits per heavy atom. The van der Waals surface area contributed by atoms with Crippen LogP contribution in [0.25, 0.3) is 11.3 Å². The van der Waals surface area contributed by atoms with Gasteiger partial charge in [-0.3, -0.25) is 4.79 Å². The van der Waals surface area contributed by atoms with Gasteiger partial charge in [-0.05, 0) is 62.7 Å². The van der Waals surface area contributed by atoms with Crippen molar-refractivity contribution in [2.24, 2.45) is 5.73 Å². The Morgan fingerprint density at radius 1 is 1.15 bits per heavy atom. The Morgan fingerprint density at radius 3 is 2.25 bits per heavy atom. The quantitative estimate of drug-likeness (QED) is 0.935. The number of aromatic nitrogens is 1. The zero-order chi connectivity index (χ0) is 14.9. The van der Waals surface area contributed by atoms with Gasteiger partial charge in [0, 0.05) is 17.6 Å². The average molecular weight is 274 g/mol. The molecule has 1 aromatic carbocycles. The van der Waals surface area contributed by atoms with Crippen molar-refractivity contribution >= 4 is 0 Å². The van der Waals surface area contributed by atoms with Gasteiger partial charge in [-0.1, -0.05) is 0 Å². The van der Waals surface area contributed by atoms with Gasteiger partial charge in [0.1, 0.15) is 5.82 Å². The molecule has 0 unspecified atom stereocenters. The minimum atomic E-state index is -0.685. The van der Waals surface area contributed by atoms with E-state index in [-0.39, 0.29) is 11.4 Å². The molecular formula is C16H19FN2O. The molecule has 0 atom stereocenters. The highest BCUT2D eigenvalue weighted by molar-refractivity contribution is 5.60. The van der Waals surface area contributed by atoms with Crippen LogP contribution in [-0.4, -0.2) is 4.57 Å². The zero-order valence-electron chi connectivity index (χ0n) is 12.0. The summed E-state index contributed by atoms with van der Waals surface area (Å²) in [6.45, 7) is 6.06. The number of benzene rings is 1. The third kappa shape index (κ3) is 2.65. The first-order chi connectivity index (χ1) is 9.34. The van der Waals surface area contributed by atoms with Crippen LogP contribution in [0.4, 0.5) is 4.39 Å². The second-order valence-corrected chi connectivity index (χ2v) is 5.41. The first kappa shape index (κ1) is 14.5. The number of hydrogen-bond donors (Lipinski definition) is 1. The lowest BCUT2D eigenvalue weighted by atomic mass is 9.96. The van der Waals surface area contributed by atoms with Crippen LogP contribution in [0.1, 0.15) is 26.3 Å². The predicted octanol–water partition coefficient (Wildman–Crippen LogP) is 2.87. The van der Waals surface area contributed by atoms with Crippen molar-refractivity contribution in [3.8, 4) is 11.3 Å². The van der Waals surface area contributed by atoms with Crippen molar-refractivity contribution in [1.82, 2.24) is 4.57 Å². The molecule has 0 aliphatic carbocycles. The average Bonchev–Trinajstić information content (AvgIpc) is 2.37. The maximum absolute atomic E-state index is 13.0. The molecule has 3 nitrogen and oxygen atoms in total. The fraction of sp³-hybridized carbons (Fsp3) is 0.312. The summed E-state index contributed by atoms with van der Waals surface area (Å²) in [5.41, 5.74) is 7.40. The molecule has 0 aliphatic heterocycles. The molecule has 0 radical (unpaired) electrons. The second-order valence-electron chi connectivity index (χ2n) is 5.41. The standard InChI is InChI=1S/C16H19FN2O/c1-4-19-14(11-5-7-12(17)8-6-11)10-9-13(15(19)20)16(2,3)18/h5-10H,4,18H2,1-3H3. The molecule has 0 fully saturated rings. The minimum Gasteiger partial charge on any atom is -0.322 e. The summed E-state index contributed by atoms with van der Waals surface area (Å²) < 4.78 is 14.7. The lowest BCUT2D eigenvalue weighted by molar-refractivity contribution is 0.536. The van der Waals surface area contributed by atoms with E-state index in [1.54, 1.807) is 36.6 Å². The Labute approximate surface area is 117 Å². The van der Waals surface area contributed by atoms with Gasteiger partial charge in [0.25, 0.3) is 5.56 Å². The predicted molar refractivity (Wildman–Crippen MR) is 79.0 cm³/mol. The van der Waals surface area contributed by atoms with Crippen molar-refractivity contribution in [1.29, 1.82) is 0 Å². The molecule has 106 valence electrons. The van der Waals surface area contributed by atoms with Gasteiger partial charge in [-0.15, -0.1) is 0 Å². The first-order valence-corrected chi connectivity index (χ1v) is 6.63. The van der Waals surface area contributed by atoms with Crippen molar-refractivity contribution < 1.29 is 4.39 Å². The first-order valence-electron chi connectivity index (χ1n) is 6.63. The molecule has 0 saturated carbocycles.